The highest BCUT2D eigenvalue weighted by Crippen LogP contribution is 2.38. The maximum atomic E-state index is 10.9. The first-order valence-corrected chi connectivity index (χ1v) is 6.47. The molecular weight excluding hydrogens is 224 g/mol. The van der Waals surface area contributed by atoms with E-state index >= 15 is 0 Å². The second kappa shape index (κ2) is 4.97. The Morgan fingerprint density at radius 1 is 1.28 bits per heavy atom. The van der Waals surface area contributed by atoms with Crippen molar-refractivity contribution < 1.29 is 9.90 Å². The Balaban J connectivity index is 2.29. The van der Waals surface area contributed by atoms with E-state index in [9.17, 15) is 4.79 Å². The molecule has 0 atom stereocenters. The monoisotopic (exact) mass is 244 g/mol. The molecule has 0 aliphatic heterocycles. The molecular formula is C16H20O2. The minimum Gasteiger partial charge on any atom is -0.478 e. The van der Waals surface area contributed by atoms with Crippen LogP contribution in [0.15, 0.2) is 23.8 Å². The zero-order valence-corrected chi connectivity index (χ0v) is 11.3. The number of carboxylic acid groups (broad SMARTS) is 1. The van der Waals surface area contributed by atoms with Gasteiger partial charge in [-0.3, -0.25) is 0 Å². The van der Waals surface area contributed by atoms with Crippen LogP contribution in [0.25, 0.3) is 0 Å². The Labute approximate surface area is 108 Å². The quantitative estimate of drug-likeness (QED) is 0.822. The number of hydrogen-bond acceptors (Lipinski definition) is 1. The van der Waals surface area contributed by atoms with E-state index < -0.39 is 5.97 Å². The van der Waals surface area contributed by atoms with E-state index in [1.165, 1.54) is 28.3 Å². The maximum absolute atomic E-state index is 10.9. The molecule has 1 N–H and O–H groups in total. The average molecular weight is 244 g/mol. The molecule has 1 aromatic rings. The minimum atomic E-state index is -0.820. The molecule has 0 spiro atoms. The highest BCUT2D eigenvalue weighted by atomic mass is 16.4. The van der Waals surface area contributed by atoms with E-state index in [4.69, 9.17) is 5.11 Å². The van der Waals surface area contributed by atoms with Crippen molar-refractivity contribution in [3.05, 3.63) is 46.0 Å². The van der Waals surface area contributed by atoms with Gasteiger partial charge >= 0.3 is 5.97 Å². The number of allylic oxidation sites excluding steroid dienone is 1. The molecule has 2 nitrogen and oxygen atoms in total. The summed E-state index contributed by atoms with van der Waals surface area (Å²) in [5, 5.41) is 8.94. The van der Waals surface area contributed by atoms with Crippen LogP contribution < -0.4 is 0 Å². The van der Waals surface area contributed by atoms with Gasteiger partial charge in [-0.25, -0.2) is 4.79 Å². The van der Waals surface area contributed by atoms with Crippen LogP contribution in [-0.2, 0) is 11.2 Å². The van der Waals surface area contributed by atoms with Crippen molar-refractivity contribution >= 4 is 5.97 Å². The third-order valence-electron chi connectivity index (χ3n) is 3.63. The molecule has 1 saturated carbocycles. The Morgan fingerprint density at radius 2 is 1.83 bits per heavy atom. The Morgan fingerprint density at radius 3 is 2.28 bits per heavy atom. The van der Waals surface area contributed by atoms with Crippen LogP contribution in [0, 0.1) is 26.7 Å². The minimum absolute atomic E-state index is 0.501. The van der Waals surface area contributed by atoms with E-state index in [0.29, 0.717) is 5.92 Å². The fourth-order valence-corrected chi connectivity index (χ4v) is 2.62. The van der Waals surface area contributed by atoms with Crippen LogP contribution in [-0.4, -0.2) is 11.1 Å². The lowest BCUT2D eigenvalue weighted by Gasteiger charge is -2.13. The van der Waals surface area contributed by atoms with E-state index in [-0.39, 0.29) is 0 Å². The summed E-state index contributed by atoms with van der Waals surface area (Å²) in [6, 6.07) is 4.35. The van der Waals surface area contributed by atoms with E-state index in [1.54, 1.807) is 0 Å². The van der Waals surface area contributed by atoms with Gasteiger partial charge in [0.25, 0.3) is 0 Å². The van der Waals surface area contributed by atoms with Crippen molar-refractivity contribution in [2.75, 3.05) is 0 Å². The van der Waals surface area contributed by atoms with Gasteiger partial charge in [-0.1, -0.05) is 23.3 Å². The fraction of sp³-hybridized carbons (Fsp3) is 0.438. The maximum Gasteiger partial charge on any atom is 0.328 e. The van der Waals surface area contributed by atoms with Crippen LogP contribution >= 0.6 is 0 Å². The summed E-state index contributed by atoms with van der Waals surface area (Å²) in [5.41, 5.74) is 6.18. The number of carbonyl (C=O) groups is 1. The van der Waals surface area contributed by atoms with Gasteiger partial charge < -0.3 is 5.11 Å². The van der Waals surface area contributed by atoms with Gasteiger partial charge in [0.15, 0.2) is 0 Å². The van der Waals surface area contributed by atoms with Crippen molar-refractivity contribution in [2.24, 2.45) is 5.92 Å². The standard InChI is InChI=1S/C16H20O2/c1-10-6-11(2)15(12(3)7-10)8-14(9-16(17)18)13-4-5-13/h6-7,9,13H,4-5,8H2,1-3H3,(H,17,18)/b14-9-. The smallest absolute Gasteiger partial charge is 0.328 e. The lowest BCUT2D eigenvalue weighted by atomic mass is 9.92. The summed E-state index contributed by atoms with van der Waals surface area (Å²) < 4.78 is 0. The number of hydrogen-bond donors (Lipinski definition) is 1. The van der Waals surface area contributed by atoms with Gasteiger partial charge in [-0.2, -0.15) is 0 Å². The van der Waals surface area contributed by atoms with Gasteiger partial charge in [-0.15, -0.1) is 0 Å². The highest BCUT2D eigenvalue weighted by molar-refractivity contribution is 5.81. The largest absolute Gasteiger partial charge is 0.478 e. The summed E-state index contributed by atoms with van der Waals surface area (Å²) in [4.78, 5) is 10.9. The third-order valence-corrected chi connectivity index (χ3v) is 3.63. The van der Waals surface area contributed by atoms with Crippen molar-refractivity contribution in [2.45, 2.75) is 40.0 Å². The lowest BCUT2D eigenvalue weighted by Crippen LogP contribution is -2.02. The van der Waals surface area contributed by atoms with Crippen LogP contribution in [0.4, 0.5) is 0 Å². The molecule has 2 rings (SSSR count). The van der Waals surface area contributed by atoms with Gasteiger partial charge in [0.05, 0.1) is 0 Å². The molecule has 1 aliphatic carbocycles. The molecule has 0 saturated heterocycles. The van der Waals surface area contributed by atoms with E-state index in [0.717, 1.165) is 24.8 Å². The normalized spacial score (nSPS) is 15.8. The second-order valence-electron chi connectivity index (χ2n) is 5.39. The summed E-state index contributed by atoms with van der Waals surface area (Å²) >= 11 is 0. The number of aryl methyl sites for hydroxylation is 3. The van der Waals surface area contributed by atoms with Gasteiger partial charge in [0, 0.05) is 6.08 Å². The summed E-state index contributed by atoms with van der Waals surface area (Å²) in [5.74, 6) is -0.319. The molecule has 1 aliphatic rings. The van der Waals surface area contributed by atoms with Crippen LogP contribution in [0.5, 0.6) is 0 Å². The molecule has 1 aromatic carbocycles. The molecule has 0 unspecified atom stereocenters. The fourth-order valence-electron chi connectivity index (χ4n) is 2.62. The first-order valence-electron chi connectivity index (χ1n) is 6.47. The van der Waals surface area contributed by atoms with Gasteiger partial charge in [-0.05, 0) is 62.6 Å². The Bertz CT molecular complexity index is 485. The third kappa shape index (κ3) is 3.00. The molecule has 96 valence electrons. The molecule has 0 heterocycles. The molecule has 0 bridgehead atoms. The SMILES string of the molecule is Cc1cc(C)c(C/C(=C/C(=O)O)C2CC2)c(C)c1. The molecule has 1 fully saturated rings. The Kier molecular flexibility index (Phi) is 3.55. The van der Waals surface area contributed by atoms with E-state index in [2.05, 4.69) is 32.9 Å². The summed E-state index contributed by atoms with van der Waals surface area (Å²) in [6.07, 6.45) is 4.48. The second-order valence-corrected chi connectivity index (χ2v) is 5.39. The molecule has 0 amide bonds. The molecule has 0 radical (unpaired) electrons. The van der Waals surface area contributed by atoms with Crippen molar-refractivity contribution in [3.63, 3.8) is 0 Å². The topological polar surface area (TPSA) is 37.3 Å². The van der Waals surface area contributed by atoms with Crippen LogP contribution in [0.2, 0.25) is 0 Å². The number of benzene rings is 1. The van der Waals surface area contributed by atoms with Crippen LogP contribution in [0.3, 0.4) is 0 Å². The lowest BCUT2D eigenvalue weighted by molar-refractivity contribution is -0.131. The number of rotatable bonds is 4. The molecule has 2 heteroatoms. The molecule has 0 aromatic heterocycles. The van der Waals surface area contributed by atoms with Crippen molar-refractivity contribution in [3.8, 4) is 0 Å². The molecule has 18 heavy (non-hydrogen) atoms. The van der Waals surface area contributed by atoms with Crippen molar-refractivity contribution in [1.82, 2.24) is 0 Å². The predicted octanol–water partition coefficient (Wildman–Crippen LogP) is 3.58. The van der Waals surface area contributed by atoms with Gasteiger partial charge in [0.1, 0.15) is 0 Å². The zero-order chi connectivity index (χ0) is 13.3. The summed E-state index contributed by atoms with van der Waals surface area (Å²) in [7, 11) is 0. The highest BCUT2D eigenvalue weighted by Gasteiger charge is 2.27. The average Bonchev–Trinajstić information content (AvgIpc) is 3.04. The van der Waals surface area contributed by atoms with Crippen LogP contribution in [0.1, 0.15) is 35.1 Å². The van der Waals surface area contributed by atoms with Crippen molar-refractivity contribution in [1.29, 1.82) is 0 Å². The first-order chi connectivity index (χ1) is 8.47. The van der Waals surface area contributed by atoms with E-state index in [1.807, 2.05) is 0 Å². The Hall–Kier alpha value is -1.57. The number of aliphatic carboxylic acids is 1. The van der Waals surface area contributed by atoms with Gasteiger partial charge in [0.2, 0.25) is 0 Å². The predicted molar refractivity (Wildman–Crippen MR) is 72.8 cm³/mol. The zero-order valence-electron chi connectivity index (χ0n) is 11.3. The first kappa shape index (κ1) is 12.9. The summed E-state index contributed by atoms with van der Waals surface area (Å²) in [6.45, 7) is 6.32. The number of carboxylic acids is 1.